The first kappa shape index (κ1) is 19.6. The predicted octanol–water partition coefficient (Wildman–Crippen LogP) is 3.60. The van der Waals surface area contributed by atoms with Gasteiger partial charge in [0.25, 0.3) is 5.91 Å². The Morgan fingerprint density at radius 2 is 2.08 bits per heavy atom. The number of hydrogen-bond donors (Lipinski definition) is 0. The number of benzene rings is 1. The second-order valence-electron chi connectivity index (χ2n) is 5.89. The zero-order valence-electron chi connectivity index (χ0n) is 15.1. The van der Waals surface area contributed by atoms with E-state index < -0.39 is 6.55 Å². The lowest BCUT2D eigenvalue weighted by Crippen LogP contribution is -2.34. The summed E-state index contributed by atoms with van der Waals surface area (Å²) in [6.45, 7) is 6.85. The zero-order valence-corrected chi connectivity index (χ0v) is 15.1. The van der Waals surface area contributed by atoms with Crippen LogP contribution in [0.2, 0.25) is 0 Å². The van der Waals surface area contributed by atoms with Crippen molar-refractivity contribution in [3.63, 3.8) is 0 Å². The number of likely N-dealkylation sites (N-methyl/N-ethyl adjacent to an activating group) is 1. The summed E-state index contributed by atoms with van der Waals surface area (Å²) >= 11 is 0. The van der Waals surface area contributed by atoms with Crippen LogP contribution in [0.3, 0.4) is 0 Å². The van der Waals surface area contributed by atoms with Crippen LogP contribution in [0.5, 0.6) is 0 Å². The van der Waals surface area contributed by atoms with Gasteiger partial charge in [-0.1, -0.05) is 29.4 Å². The topological polar surface area (TPSA) is 59.7 Å². The van der Waals surface area contributed by atoms with Gasteiger partial charge in [0.05, 0.1) is 11.0 Å². The van der Waals surface area contributed by atoms with Gasteiger partial charge in [-0.15, -0.1) is 0 Å². The van der Waals surface area contributed by atoms with Crippen LogP contribution >= 0.6 is 0 Å². The number of fused-ring (bicyclic) bond motifs is 1. The third-order valence-corrected chi connectivity index (χ3v) is 3.70. The van der Waals surface area contributed by atoms with Crippen LogP contribution in [0, 0.1) is 0 Å². The number of aromatic nitrogens is 2. The van der Waals surface area contributed by atoms with Gasteiger partial charge in [-0.25, -0.2) is 4.98 Å². The SMILES string of the molecule is C=C(C)CN(CC)C(=O)CO/N=C(/C)c1nc2ccccc2n1C(F)F. The fraction of sp³-hybridized carbons (Fsp3) is 0.389. The van der Waals surface area contributed by atoms with E-state index in [0.29, 0.717) is 24.1 Å². The van der Waals surface area contributed by atoms with Gasteiger partial charge in [-0.05, 0) is 32.9 Å². The van der Waals surface area contributed by atoms with Gasteiger partial charge >= 0.3 is 6.55 Å². The van der Waals surface area contributed by atoms with E-state index >= 15 is 0 Å². The smallest absolute Gasteiger partial charge is 0.320 e. The van der Waals surface area contributed by atoms with Crippen LogP contribution in [0.15, 0.2) is 41.6 Å². The zero-order chi connectivity index (χ0) is 19.3. The standard InChI is InChI=1S/C18H22F2N4O2/c1-5-23(10-12(2)3)16(25)11-26-22-13(4)17-21-14-8-6-7-9-15(14)24(17)18(19)20/h6-9,18H,2,5,10-11H2,1,3-4H3/b22-13-. The molecule has 2 aromatic rings. The minimum absolute atomic E-state index is 0.00272. The number of amides is 1. The van der Waals surface area contributed by atoms with Crippen LogP contribution in [0.4, 0.5) is 8.78 Å². The molecule has 1 aromatic heterocycles. The van der Waals surface area contributed by atoms with Crippen LogP contribution in [-0.4, -0.2) is 45.8 Å². The Hall–Kier alpha value is -2.77. The third-order valence-electron chi connectivity index (χ3n) is 3.70. The van der Waals surface area contributed by atoms with Gasteiger partial charge in [-0.3, -0.25) is 9.36 Å². The Morgan fingerprint density at radius 3 is 2.69 bits per heavy atom. The van der Waals surface area contributed by atoms with Crippen molar-refractivity contribution in [2.75, 3.05) is 19.7 Å². The number of imidazole rings is 1. The molecule has 0 saturated heterocycles. The molecule has 1 amide bonds. The predicted molar refractivity (Wildman–Crippen MR) is 96.2 cm³/mol. The van der Waals surface area contributed by atoms with E-state index in [9.17, 15) is 13.6 Å². The summed E-state index contributed by atoms with van der Waals surface area (Å²) in [5.74, 6) is -0.252. The van der Waals surface area contributed by atoms with E-state index in [1.807, 2.05) is 13.8 Å². The molecule has 0 aliphatic carbocycles. The highest BCUT2D eigenvalue weighted by Crippen LogP contribution is 2.23. The summed E-state index contributed by atoms with van der Waals surface area (Å²) in [7, 11) is 0. The maximum atomic E-state index is 13.4. The van der Waals surface area contributed by atoms with Crippen molar-refractivity contribution in [2.24, 2.45) is 5.16 Å². The largest absolute Gasteiger partial charge is 0.385 e. The minimum Gasteiger partial charge on any atom is -0.385 e. The molecule has 0 N–H and O–H groups in total. The number of alkyl halides is 2. The van der Waals surface area contributed by atoms with Gasteiger partial charge in [0.2, 0.25) is 0 Å². The Labute approximate surface area is 150 Å². The Morgan fingerprint density at radius 1 is 1.38 bits per heavy atom. The van der Waals surface area contributed by atoms with Crippen LogP contribution in [-0.2, 0) is 9.63 Å². The van der Waals surface area contributed by atoms with Crippen molar-refractivity contribution in [3.8, 4) is 0 Å². The first-order valence-corrected chi connectivity index (χ1v) is 8.19. The maximum absolute atomic E-state index is 13.4. The highest BCUT2D eigenvalue weighted by Gasteiger charge is 2.20. The highest BCUT2D eigenvalue weighted by atomic mass is 19.3. The van der Waals surface area contributed by atoms with E-state index in [-0.39, 0.29) is 24.1 Å². The van der Waals surface area contributed by atoms with Crippen LogP contribution < -0.4 is 0 Å². The molecule has 0 bridgehead atoms. The van der Waals surface area contributed by atoms with Crippen molar-refractivity contribution in [1.82, 2.24) is 14.5 Å². The molecule has 26 heavy (non-hydrogen) atoms. The first-order chi connectivity index (χ1) is 12.3. The molecule has 0 fully saturated rings. The number of carbonyl (C=O) groups is 1. The van der Waals surface area contributed by atoms with Crippen LogP contribution in [0.1, 0.15) is 33.1 Å². The number of oxime groups is 1. The lowest BCUT2D eigenvalue weighted by Gasteiger charge is -2.20. The van der Waals surface area contributed by atoms with E-state index in [1.54, 1.807) is 29.2 Å². The molecular weight excluding hydrogens is 342 g/mol. The molecule has 140 valence electrons. The Balaban J connectivity index is 2.15. The average molecular weight is 364 g/mol. The van der Waals surface area contributed by atoms with E-state index in [0.717, 1.165) is 10.1 Å². The molecule has 0 atom stereocenters. The van der Waals surface area contributed by atoms with Gasteiger partial charge in [0.1, 0.15) is 5.71 Å². The second-order valence-corrected chi connectivity index (χ2v) is 5.89. The molecule has 0 aliphatic heterocycles. The van der Waals surface area contributed by atoms with Crippen molar-refractivity contribution < 1.29 is 18.4 Å². The number of hydrogen-bond acceptors (Lipinski definition) is 4. The summed E-state index contributed by atoms with van der Waals surface area (Å²) in [4.78, 5) is 22.9. The minimum atomic E-state index is -2.77. The molecular formula is C18H22F2N4O2. The van der Waals surface area contributed by atoms with Gasteiger partial charge < -0.3 is 9.74 Å². The summed E-state index contributed by atoms with van der Waals surface area (Å²) in [5, 5.41) is 3.80. The molecule has 0 spiro atoms. The number of rotatable bonds is 8. The second kappa shape index (κ2) is 8.55. The van der Waals surface area contributed by atoms with Crippen molar-refractivity contribution in [1.29, 1.82) is 0 Å². The lowest BCUT2D eigenvalue weighted by atomic mass is 10.3. The molecule has 2 rings (SSSR count). The summed E-state index contributed by atoms with van der Waals surface area (Å²) in [5.41, 5.74) is 1.76. The monoisotopic (exact) mass is 364 g/mol. The summed E-state index contributed by atoms with van der Waals surface area (Å²) in [6, 6.07) is 6.59. The van der Waals surface area contributed by atoms with Crippen molar-refractivity contribution in [2.45, 2.75) is 27.3 Å². The summed E-state index contributed by atoms with van der Waals surface area (Å²) in [6.07, 6.45) is 0. The van der Waals surface area contributed by atoms with E-state index in [4.69, 9.17) is 4.84 Å². The first-order valence-electron chi connectivity index (χ1n) is 8.19. The molecule has 0 unspecified atom stereocenters. The molecule has 0 radical (unpaired) electrons. The molecule has 8 heteroatoms. The van der Waals surface area contributed by atoms with Crippen molar-refractivity contribution >= 4 is 22.7 Å². The third kappa shape index (κ3) is 4.44. The molecule has 0 aliphatic rings. The van der Waals surface area contributed by atoms with Crippen LogP contribution in [0.25, 0.3) is 11.0 Å². The van der Waals surface area contributed by atoms with E-state index in [1.165, 1.54) is 6.92 Å². The van der Waals surface area contributed by atoms with Crippen molar-refractivity contribution in [3.05, 3.63) is 42.2 Å². The fourth-order valence-electron chi connectivity index (χ4n) is 2.52. The molecule has 6 nitrogen and oxygen atoms in total. The average Bonchev–Trinajstić information content (AvgIpc) is 2.99. The van der Waals surface area contributed by atoms with Gasteiger partial charge in [-0.2, -0.15) is 8.78 Å². The van der Waals surface area contributed by atoms with E-state index in [2.05, 4.69) is 16.7 Å². The number of para-hydroxylation sites is 2. The molecule has 0 saturated carbocycles. The fourth-order valence-corrected chi connectivity index (χ4v) is 2.52. The lowest BCUT2D eigenvalue weighted by molar-refractivity contribution is -0.135. The maximum Gasteiger partial charge on any atom is 0.320 e. The normalized spacial score (nSPS) is 11.8. The summed E-state index contributed by atoms with van der Waals surface area (Å²) < 4.78 is 27.7. The Kier molecular flexibility index (Phi) is 6.43. The number of halogens is 2. The quantitative estimate of drug-likeness (QED) is 0.409. The van der Waals surface area contributed by atoms with Gasteiger partial charge in [0, 0.05) is 13.1 Å². The molecule has 1 heterocycles. The Bertz CT molecular complexity index is 830. The highest BCUT2D eigenvalue weighted by molar-refractivity contribution is 5.98. The van der Waals surface area contributed by atoms with Gasteiger partial charge in [0.15, 0.2) is 12.4 Å². The number of nitrogens with zero attached hydrogens (tertiary/aromatic N) is 4. The number of carbonyl (C=O) groups excluding carboxylic acids is 1. The molecule has 1 aromatic carbocycles.